The van der Waals surface area contributed by atoms with E-state index in [4.69, 9.17) is 4.74 Å². The van der Waals surface area contributed by atoms with Crippen LogP contribution in [0.5, 0.6) is 5.75 Å². The number of halogens is 2. The second kappa shape index (κ2) is 7.33. The Morgan fingerprint density at radius 2 is 2.24 bits per heavy atom. The summed E-state index contributed by atoms with van der Waals surface area (Å²) in [5.41, 5.74) is 3.61. The molecule has 21 heavy (non-hydrogen) atoms. The number of benzene rings is 1. The molecule has 0 aliphatic carbocycles. The summed E-state index contributed by atoms with van der Waals surface area (Å²) < 4.78 is 6.95. The van der Waals surface area contributed by atoms with E-state index in [1.165, 1.54) is 12.4 Å². The van der Waals surface area contributed by atoms with Crippen molar-refractivity contribution in [2.45, 2.75) is 0 Å². The number of ether oxygens (including phenoxy) is 1. The molecule has 108 valence electrons. The molecule has 2 rings (SSSR count). The van der Waals surface area contributed by atoms with Crippen LogP contribution in [0.1, 0.15) is 15.9 Å². The van der Waals surface area contributed by atoms with Crippen LogP contribution < -0.4 is 10.2 Å². The molecule has 0 unspecified atom stereocenters. The quantitative estimate of drug-likeness (QED) is 0.618. The highest BCUT2D eigenvalue weighted by atomic mass is 79.9. The van der Waals surface area contributed by atoms with Gasteiger partial charge in [0.2, 0.25) is 0 Å². The Morgan fingerprint density at radius 3 is 2.90 bits per heavy atom. The second-order valence-electron chi connectivity index (χ2n) is 3.95. The molecule has 0 aliphatic rings. The van der Waals surface area contributed by atoms with E-state index in [9.17, 15) is 4.79 Å². The van der Waals surface area contributed by atoms with Gasteiger partial charge in [-0.25, -0.2) is 5.43 Å². The molecule has 0 bridgehead atoms. The summed E-state index contributed by atoms with van der Waals surface area (Å²) in [6.07, 6.45) is 4.59. The van der Waals surface area contributed by atoms with Crippen LogP contribution in [0.2, 0.25) is 0 Å². The first-order chi connectivity index (χ1) is 10.1. The summed E-state index contributed by atoms with van der Waals surface area (Å²) in [6.45, 7) is 0. The second-order valence-corrected chi connectivity index (χ2v) is 5.72. The van der Waals surface area contributed by atoms with Gasteiger partial charge in [0.25, 0.3) is 5.91 Å². The van der Waals surface area contributed by atoms with Gasteiger partial charge in [-0.15, -0.1) is 0 Å². The minimum Gasteiger partial charge on any atom is -0.495 e. The summed E-state index contributed by atoms with van der Waals surface area (Å²) in [7, 11) is 1.57. The lowest BCUT2D eigenvalue weighted by molar-refractivity contribution is 0.0955. The highest BCUT2D eigenvalue weighted by molar-refractivity contribution is 9.11. The molecule has 1 aromatic heterocycles. The summed E-state index contributed by atoms with van der Waals surface area (Å²) >= 11 is 6.79. The molecule has 0 fully saturated rings. The fraction of sp³-hybridized carbons (Fsp3) is 0.0714. The van der Waals surface area contributed by atoms with Crippen molar-refractivity contribution in [1.82, 2.24) is 10.4 Å². The molecule has 0 atom stereocenters. The molecule has 0 aliphatic heterocycles. The van der Waals surface area contributed by atoms with Crippen molar-refractivity contribution in [2.24, 2.45) is 5.10 Å². The summed E-state index contributed by atoms with van der Waals surface area (Å²) in [5.74, 6) is 0.310. The third-order valence-electron chi connectivity index (χ3n) is 2.53. The maximum atomic E-state index is 11.8. The van der Waals surface area contributed by atoms with Crippen LogP contribution >= 0.6 is 31.9 Å². The lowest BCUT2D eigenvalue weighted by atomic mass is 10.2. The van der Waals surface area contributed by atoms with E-state index in [0.29, 0.717) is 11.3 Å². The van der Waals surface area contributed by atoms with Crippen molar-refractivity contribution in [2.75, 3.05) is 7.11 Å². The first-order valence-electron chi connectivity index (χ1n) is 5.88. The van der Waals surface area contributed by atoms with E-state index in [2.05, 4.69) is 47.4 Å². The zero-order chi connectivity index (χ0) is 15.2. The Bertz CT molecular complexity index is 675. The molecule has 7 heteroatoms. The van der Waals surface area contributed by atoms with Crippen LogP contribution in [-0.2, 0) is 0 Å². The maximum Gasteiger partial charge on any atom is 0.272 e. The number of methoxy groups -OCH3 is 1. The normalized spacial score (nSPS) is 10.6. The first-order valence-corrected chi connectivity index (χ1v) is 7.47. The van der Waals surface area contributed by atoms with Crippen molar-refractivity contribution < 1.29 is 9.53 Å². The monoisotopic (exact) mass is 411 g/mol. The Hall–Kier alpha value is -1.73. The molecule has 0 spiro atoms. The minimum atomic E-state index is -0.327. The molecule has 0 radical (unpaired) electrons. The summed E-state index contributed by atoms with van der Waals surface area (Å²) in [5, 5.41) is 3.93. The van der Waals surface area contributed by atoms with Crippen LogP contribution in [0.4, 0.5) is 0 Å². The van der Waals surface area contributed by atoms with Crippen molar-refractivity contribution in [3.63, 3.8) is 0 Å². The van der Waals surface area contributed by atoms with Crippen LogP contribution in [0.25, 0.3) is 0 Å². The number of rotatable bonds is 4. The average molecular weight is 413 g/mol. The van der Waals surface area contributed by atoms with Crippen molar-refractivity contribution in [1.29, 1.82) is 0 Å². The Balaban J connectivity index is 2.13. The van der Waals surface area contributed by atoms with Crippen molar-refractivity contribution in [3.05, 3.63) is 56.7 Å². The molecule has 1 amide bonds. The van der Waals surface area contributed by atoms with Gasteiger partial charge < -0.3 is 4.74 Å². The van der Waals surface area contributed by atoms with Gasteiger partial charge in [-0.3, -0.25) is 9.78 Å². The van der Waals surface area contributed by atoms with Crippen LogP contribution in [0.15, 0.2) is 50.7 Å². The lowest BCUT2D eigenvalue weighted by Crippen LogP contribution is -2.17. The third kappa shape index (κ3) is 4.12. The fourth-order valence-electron chi connectivity index (χ4n) is 1.61. The largest absolute Gasteiger partial charge is 0.495 e. The average Bonchev–Trinajstić information content (AvgIpc) is 2.47. The number of pyridine rings is 1. The smallest absolute Gasteiger partial charge is 0.272 e. The number of aromatic nitrogens is 1. The maximum absolute atomic E-state index is 11.8. The topological polar surface area (TPSA) is 63.6 Å². The van der Waals surface area contributed by atoms with Gasteiger partial charge in [-0.05, 0) is 40.2 Å². The predicted molar refractivity (Wildman–Crippen MR) is 87.7 cm³/mol. The van der Waals surface area contributed by atoms with Gasteiger partial charge in [0.15, 0.2) is 0 Å². The highest BCUT2D eigenvalue weighted by Gasteiger charge is 2.08. The number of hydrogen-bond acceptors (Lipinski definition) is 4. The highest BCUT2D eigenvalue weighted by Crippen LogP contribution is 2.31. The molecule has 1 heterocycles. The first kappa shape index (κ1) is 15.7. The standard InChI is InChI=1S/C14H11Br2N3O2/c1-21-13-10(5-11(15)6-12(13)16)8-18-19-14(20)9-3-2-4-17-7-9/h2-8H,1H3,(H,19,20). The number of carbonyl (C=O) groups excluding carboxylic acids is 1. The minimum absolute atomic E-state index is 0.327. The molecule has 1 N–H and O–H groups in total. The third-order valence-corrected chi connectivity index (χ3v) is 3.58. The molecule has 5 nitrogen and oxygen atoms in total. The number of hydrogen-bond donors (Lipinski definition) is 1. The molecule has 0 saturated heterocycles. The van der Waals surface area contributed by atoms with E-state index in [1.807, 2.05) is 12.1 Å². The zero-order valence-electron chi connectivity index (χ0n) is 11.0. The summed E-state index contributed by atoms with van der Waals surface area (Å²) in [6, 6.07) is 7.05. The van der Waals surface area contributed by atoms with Crippen molar-refractivity contribution in [3.8, 4) is 5.75 Å². The van der Waals surface area contributed by atoms with Gasteiger partial charge in [-0.2, -0.15) is 5.10 Å². The number of nitrogens with zero attached hydrogens (tertiary/aromatic N) is 2. The lowest BCUT2D eigenvalue weighted by Gasteiger charge is -2.07. The Kier molecular flexibility index (Phi) is 5.46. The van der Waals surface area contributed by atoms with Gasteiger partial charge >= 0.3 is 0 Å². The van der Waals surface area contributed by atoms with Crippen LogP contribution in [-0.4, -0.2) is 24.2 Å². The Morgan fingerprint density at radius 1 is 1.43 bits per heavy atom. The SMILES string of the molecule is COc1c(Br)cc(Br)cc1C=NNC(=O)c1cccnc1. The number of amides is 1. The van der Waals surface area contributed by atoms with E-state index in [1.54, 1.807) is 25.4 Å². The van der Waals surface area contributed by atoms with Crippen LogP contribution in [0, 0.1) is 0 Å². The van der Waals surface area contributed by atoms with Gasteiger partial charge in [-0.1, -0.05) is 15.9 Å². The van der Waals surface area contributed by atoms with Gasteiger partial charge in [0, 0.05) is 22.4 Å². The van der Waals surface area contributed by atoms with E-state index >= 15 is 0 Å². The molecule has 1 aromatic carbocycles. The van der Waals surface area contributed by atoms with E-state index in [0.717, 1.165) is 14.5 Å². The van der Waals surface area contributed by atoms with Crippen LogP contribution in [0.3, 0.4) is 0 Å². The molecule has 0 saturated carbocycles. The van der Waals surface area contributed by atoms with Gasteiger partial charge in [0.1, 0.15) is 5.75 Å². The predicted octanol–water partition coefficient (Wildman–Crippen LogP) is 3.38. The van der Waals surface area contributed by atoms with Gasteiger partial charge in [0.05, 0.1) is 23.4 Å². The fourth-order valence-corrected chi connectivity index (χ4v) is 3.03. The zero-order valence-corrected chi connectivity index (χ0v) is 14.2. The molecular formula is C14H11Br2N3O2. The van der Waals surface area contributed by atoms with E-state index in [-0.39, 0.29) is 5.91 Å². The summed E-state index contributed by atoms with van der Waals surface area (Å²) in [4.78, 5) is 15.7. The number of carbonyl (C=O) groups is 1. The Labute approximate surface area is 138 Å². The number of nitrogens with one attached hydrogen (secondary N) is 1. The molecular weight excluding hydrogens is 402 g/mol. The number of hydrazone groups is 1. The van der Waals surface area contributed by atoms with E-state index < -0.39 is 0 Å². The van der Waals surface area contributed by atoms with Crippen molar-refractivity contribution >= 4 is 44.0 Å². The molecule has 2 aromatic rings.